The quantitative estimate of drug-likeness (QED) is 0.293. The van der Waals surface area contributed by atoms with Crippen molar-refractivity contribution in [1.82, 2.24) is 19.7 Å². The lowest BCUT2D eigenvalue weighted by Gasteiger charge is -2.19. The Morgan fingerprint density at radius 3 is 2.46 bits per heavy atom. The number of hydrogen-bond acceptors (Lipinski definition) is 5. The number of aromatic nitrogens is 4. The molecule has 0 aliphatic rings. The first-order valence-corrected chi connectivity index (χ1v) is 12.2. The van der Waals surface area contributed by atoms with Crippen LogP contribution in [0.5, 0.6) is 0 Å². The van der Waals surface area contributed by atoms with Crippen molar-refractivity contribution in [2.75, 3.05) is 5.32 Å². The molecular weight excluding hydrogens is 462 g/mol. The molecule has 0 saturated carbocycles. The molecule has 3 aromatic carbocycles. The van der Waals surface area contributed by atoms with E-state index in [0.29, 0.717) is 29.5 Å². The first-order valence-electron chi connectivity index (χ1n) is 12.2. The Morgan fingerprint density at radius 1 is 1.00 bits per heavy atom. The molecule has 2 heterocycles. The first-order chi connectivity index (χ1) is 17.7. The van der Waals surface area contributed by atoms with E-state index in [4.69, 9.17) is 4.52 Å². The van der Waals surface area contributed by atoms with Gasteiger partial charge >= 0.3 is 0 Å². The third-order valence-corrected chi connectivity index (χ3v) is 6.14. The van der Waals surface area contributed by atoms with Gasteiger partial charge in [0.15, 0.2) is 0 Å². The van der Waals surface area contributed by atoms with Crippen molar-refractivity contribution in [3.8, 4) is 23.0 Å². The normalized spacial score (nSPS) is 11.5. The van der Waals surface area contributed by atoms with E-state index in [1.165, 1.54) is 5.56 Å². The number of imidazole rings is 1. The molecule has 2 aromatic heterocycles. The van der Waals surface area contributed by atoms with E-state index < -0.39 is 0 Å². The molecule has 0 fully saturated rings. The largest absolute Gasteiger partial charge is 0.332 e. The average Bonchev–Trinajstić information content (AvgIpc) is 3.55. The fourth-order valence-corrected chi connectivity index (χ4v) is 4.02. The number of aryl methyl sites for hydroxylation is 1. The van der Waals surface area contributed by atoms with Gasteiger partial charge in [0.25, 0.3) is 11.8 Å². The highest BCUT2D eigenvalue weighted by Gasteiger charge is 2.15. The lowest BCUT2D eigenvalue weighted by Crippen LogP contribution is -2.14. The van der Waals surface area contributed by atoms with E-state index in [-0.39, 0.29) is 11.3 Å². The van der Waals surface area contributed by atoms with Gasteiger partial charge in [0.1, 0.15) is 5.69 Å². The third kappa shape index (κ3) is 5.67. The van der Waals surface area contributed by atoms with E-state index in [0.717, 1.165) is 22.4 Å². The van der Waals surface area contributed by atoms with Gasteiger partial charge in [-0.25, -0.2) is 4.98 Å². The van der Waals surface area contributed by atoms with Gasteiger partial charge in [-0.05, 0) is 53.8 Å². The van der Waals surface area contributed by atoms with Crippen molar-refractivity contribution in [3.63, 3.8) is 0 Å². The summed E-state index contributed by atoms with van der Waals surface area (Å²) in [7, 11) is 0. The molecule has 0 aliphatic carbocycles. The number of benzene rings is 3. The minimum atomic E-state index is -0.128. The minimum absolute atomic E-state index is 0.0521. The maximum Gasteiger partial charge on any atom is 0.278 e. The van der Waals surface area contributed by atoms with Gasteiger partial charge in [-0.1, -0.05) is 74.0 Å². The number of nitrogens with one attached hydrogen (secondary N) is 1. The summed E-state index contributed by atoms with van der Waals surface area (Å²) in [5.74, 6) is 0.789. The molecule has 0 aliphatic heterocycles. The Kier molecular flexibility index (Phi) is 6.44. The van der Waals surface area contributed by atoms with Crippen LogP contribution in [-0.4, -0.2) is 25.6 Å². The molecule has 186 valence electrons. The van der Waals surface area contributed by atoms with Crippen LogP contribution >= 0.6 is 0 Å². The highest BCUT2D eigenvalue weighted by Crippen LogP contribution is 2.24. The Bertz CT molecular complexity index is 1520. The Labute approximate surface area is 216 Å². The molecule has 5 rings (SSSR count). The SMILES string of the molecule is Cc1cccc(-c2noc(-c3cn(Cc4ccc(NC(=O)c5ccc(C(C)(C)C)cc5)cc4)cn3)n2)c1. The highest BCUT2D eigenvalue weighted by molar-refractivity contribution is 6.04. The maximum atomic E-state index is 12.7. The summed E-state index contributed by atoms with van der Waals surface area (Å²) in [6.07, 6.45) is 3.62. The zero-order chi connectivity index (χ0) is 26.0. The molecule has 0 spiro atoms. The topological polar surface area (TPSA) is 85.8 Å². The second-order valence-corrected chi connectivity index (χ2v) is 10.2. The van der Waals surface area contributed by atoms with E-state index in [2.05, 4.69) is 41.2 Å². The summed E-state index contributed by atoms with van der Waals surface area (Å²) in [4.78, 5) is 21.6. The van der Waals surface area contributed by atoms with Crippen LogP contribution < -0.4 is 5.32 Å². The summed E-state index contributed by atoms with van der Waals surface area (Å²) in [5, 5.41) is 7.06. The maximum absolute atomic E-state index is 12.7. The summed E-state index contributed by atoms with van der Waals surface area (Å²) in [6.45, 7) is 9.11. The number of hydrogen-bond donors (Lipinski definition) is 1. The van der Waals surface area contributed by atoms with Crippen LogP contribution in [0.4, 0.5) is 5.69 Å². The predicted molar refractivity (Wildman–Crippen MR) is 144 cm³/mol. The van der Waals surface area contributed by atoms with Gasteiger partial charge in [-0.3, -0.25) is 4.79 Å². The van der Waals surface area contributed by atoms with Crippen LogP contribution in [0.25, 0.3) is 23.0 Å². The van der Waals surface area contributed by atoms with Crippen molar-refractivity contribution in [1.29, 1.82) is 0 Å². The molecule has 37 heavy (non-hydrogen) atoms. The zero-order valence-electron chi connectivity index (χ0n) is 21.4. The van der Waals surface area contributed by atoms with Crippen LogP contribution in [-0.2, 0) is 12.0 Å². The fraction of sp³-hybridized carbons (Fsp3) is 0.200. The van der Waals surface area contributed by atoms with Crippen molar-refractivity contribution >= 4 is 11.6 Å². The number of nitrogens with zero attached hydrogens (tertiary/aromatic N) is 4. The van der Waals surface area contributed by atoms with Crippen molar-refractivity contribution in [2.24, 2.45) is 0 Å². The molecule has 7 nitrogen and oxygen atoms in total. The third-order valence-electron chi connectivity index (χ3n) is 6.14. The summed E-state index contributed by atoms with van der Waals surface area (Å²) in [6, 6.07) is 23.5. The number of carbonyl (C=O) groups is 1. The molecule has 5 aromatic rings. The average molecular weight is 492 g/mol. The Morgan fingerprint density at radius 2 is 1.76 bits per heavy atom. The van der Waals surface area contributed by atoms with Crippen molar-refractivity contribution in [2.45, 2.75) is 39.7 Å². The smallest absolute Gasteiger partial charge is 0.278 e. The van der Waals surface area contributed by atoms with Gasteiger partial charge in [0, 0.05) is 29.6 Å². The molecule has 0 unspecified atom stereocenters. The van der Waals surface area contributed by atoms with Gasteiger partial charge < -0.3 is 14.4 Å². The predicted octanol–water partition coefficient (Wildman–Crippen LogP) is 6.51. The summed E-state index contributed by atoms with van der Waals surface area (Å²) < 4.78 is 7.40. The first kappa shape index (κ1) is 24.2. The molecule has 0 bridgehead atoms. The Balaban J connectivity index is 1.21. The van der Waals surface area contributed by atoms with Gasteiger partial charge in [0.2, 0.25) is 5.82 Å². The van der Waals surface area contributed by atoms with Crippen LogP contribution in [0.15, 0.2) is 89.8 Å². The number of carbonyl (C=O) groups excluding carboxylic acids is 1. The van der Waals surface area contributed by atoms with E-state index in [1.807, 2.05) is 90.5 Å². The van der Waals surface area contributed by atoms with Gasteiger partial charge in [0.05, 0.1) is 6.33 Å². The van der Waals surface area contributed by atoms with Crippen LogP contribution in [0.1, 0.15) is 47.8 Å². The minimum Gasteiger partial charge on any atom is -0.332 e. The van der Waals surface area contributed by atoms with Crippen LogP contribution in [0.3, 0.4) is 0 Å². The standard InChI is InChI=1S/C30H29N5O2/c1-20-6-5-7-23(16-20)27-33-29(37-34-27)26-18-35(19-31-26)17-21-8-14-25(15-9-21)32-28(36)22-10-12-24(13-11-22)30(2,3)4/h5-16,18-19H,17H2,1-4H3,(H,32,36). The van der Waals surface area contributed by atoms with E-state index >= 15 is 0 Å². The molecular formula is C30H29N5O2. The number of amides is 1. The molecule has 7 heteroatoms. The Hall–Kier alpha value is -4.52. The van der Waals surface area contributed by atoms with E-state index in [9.17, 15) is 4.79 Å². The summed E-state index contributed by atoms with van der Waals surface area (Å²) in [5.41, 5.74) is 6.36. The number of rotatable bonds is 6. The summed E-state index contributed by atoms with van der Waals surface area (Å²) >= 11 is 0. The van der Waals surface area contributed by atoms with Crippen molar-refractivity contribution in [3.05, 3.63) is 108 Å². The number of anilines is 1. The monoisotopic (exact) mass is 491 g/mol. The van der Waals surface area contributed by atoms with E-state index in [1.54, 1.807) is 6.33 Å². The molecule has 1 amide bonds. The fourth-order valence-electron chi connectivity index (χ4n) is 4.02. The van der Waals surface area contributed by atoms with Crippen molar-refractivity contribution < 1.29 is 9.32 Å². The van der Waals surface area contributed by atoms with Gasteiger partial charge in [-0.2, -0.15) is 4.98 Å². The van der Waals surface area contributed by atoms with Gasteiger partial charge in [-0.15, -0.1) is 0 Å². The lowest BCUT2D eigenvalue weighted by atomic mass is 9.87. The lowest BCUT2D eigenvalue weighted by molar-refractivity contribution is 0.102. The molecule has 0 radical (unpaired) electrons. The second kappa shape index (κ2) is 9.85. The molecule has 0 saturated heterocycles. The van der Waals surface area contributed by atoms with Crippen LogP contribution in [0, 0.1) is 6.92 Å². The zero-order valence-corrected chi connectivity index (χ0v) is 21.4. The van der Waals surface area contributed by atoms with Crippen LogP contribution in [0.2, 0.25) is 0 Å². The second-order valence-electron chi connectivity index (χ2n) is 10.2. The molecule has 1 N–H and O–H groups in total. The molecule has 0 atom stereocenters. The highest BCUT2D eigenvalue weighted by atomic mass is 16.5.